The van der Waals surface area contributed by atoms with Crippen molar-refractivity contribution in [2.45, 2.75) is 12.4 Å². The van der Waals surface area contributed by atoms with Crippen LogP contribution in [0.3, 0.4) is 0 Å². The lowest BCUT2D eigenvalue weighted by atomic mass is 10.0. The molecule has 0 radical (unpaired) electrons. The van der Waals surface area contributed by atoms with Crippen LogP contribution in [0.15, 0.2) is 36.9 Å². The molecular formula is C18H11F6N7O2. The van der Waals surface area contributed by atoms with Crippen LogP contribution in [0.2, 0.25) is 0 Å². The summed E-state index contributed by atoms with van der Waals surface area (Å²) in [6.07, 6.45) is -5.83. The summed E-state index contributed by atoms with van der Waals surface area (Å²) in [7, 11) is 0. The molecule has 0 bridgehead atoms. The van der Waals surface area contributed by atoms with Crippen molar-refractivity contribution in [3.8, 4) is 11.4 Å². The lowest BCUT2D eigenvalue weighted by Crippen LogP contribution is -2.18. The lowest BCUT2D eigenvalue weighted by Gasteiger charge is -2.13. The first kappa shape index (κ1) is 23.4. The van der Waals surface area contributed by atoms with Gasteiger partial charge in [0, 0.05) is 29.7 Å². The predicted molar refractivity (Wildman–Crippen MR) is 99.4 cm³/mol. The second-order valence-electron chi connectivity index (χ2n) is 6.40. The van der Waals surface area contributed by atoms with Crippen LogP contribution in [0.5, 0.6) is 0 Å². The van der Waals surface area contributed by atoms with Gasteiger partial charge >= 0.3 is 12.4 Å². The van der Waals surface area contributed by atoms with Crippen LogP contribution in [-0.2, 0) is 17.1 Å². The average molecular weight is 471 g/mol. The van der Waals surface area contributed by atoms with E-state index in [-0.39, 0.29) is 17.2 Å². The molecule has 3 rings (SSSR count). The quantitative estimate of drug-likeness (QED) is 0.432. The number of aromatic nitrogens is 5. The van der Waals surface area contributed by atoms with Crippen LogP contribution in [0, 0.1) is 0 Å². The highest BCUT2D eigenvalue weighted by Crippen LogP contribution is 2.38. The van der Waals surface area contributed by atoms with Gasteiger partial charge in [-0.2, -0.15) is 26.3 Å². The van der Waals surface area contributed by atoms with Gasteiger partial charge in [-0.25, -0.2) is 19.6 Å². The third-order valence-electron chi connectivity index (χ3n) is 4.09. The Morgan fingerprint density at radius 1 is 0.909 bits per heavy atom. The van der Waals surface area contributed by atoms with Gasteiger partial charge in [-0.1, -0.05) is 0 Å². The van der Waals surface area contributed by atoms with Crippen molar-refractivity contribution < 1.29 is 35.9 Å². The number of primary amides is 2. The Balaban J connectivity index is 2.23. The summed E-state index contributed by atoms with van der Waals surface area (Å²) in [5.74, 6) is -3.65. The molecule has 9 nitrogen and oxygen atoms in total. The van der Waals surface area contributed by atoms with E-state index in [0.717, 1.165) is 12.5 Å². The minimum atomic E-state index is -5.11. The minimum Gasteiger partial charge on any atom is -0.366 e. The third kappa shape index (κ3) is 5.13. The van der Waals surface area contributed by atoms with Crippen LogP contribution < -0.4 is 11.5 Å². The Kier molecular flexibility index (Phi) is 5.90. The summed E-state index contributed by atoms with van der Waals surface area (Å²) in [6.45, 7) is 0. The molecule has 3 aromatic rings. The topological polar surface area (TPSA) is 143 Å². The zero-order valence-corrected chi connectivity index (χ0v) is 16.0. The molecule has 2 aromatic heterocycles. The van der Waals surface area contributed by atoms with Crippen molar-refractivity contribution in [2.24, 2.45) is 11.5 Å². The maximum absolute atomic E-state index is 13.2. The Bertz CT molecular complexity index is 1220. The van der Waals surface area contributed by atoms with Gasteiger partial charge in [-0.05, 0) is 18.2 Å². The number of carbonyl (C=O) groups excluding carboxylic acids is 2. The largest absolute Gasteiger partial charge is 0.416 e. The fourth-order valence-corrected chi connectivity index (χ4v) is 2.63. The average Bonchev–Trinajstić information content (AvgIpc) is 3.15. The second-order valence-corrected chi connectivity index (χ2v) is 6.40. The molecule has 4 N–H and O–H groups in total. The second kappa shape index (κ2) is 8.33. The van der Waals surface area contributed by atoms with Crippen molar-refractivity contribution in [1.82, 2.24) is 24.7 Å². The van der Waals surface area contributed by atoms with E-state index in [1.165, 1.54) is 12.4 Å². The number of nitrogens with zero attached hydrogens (tertiary/aromatic N) is 5. The van der Waals surface area contributed by atoms with E-state index in [9.17, 15) is 35.9 Å². The van der Waals surface area contributed by atoms with Crippen LogP contribution in [0.1, 0.15) is 27.3 Å². The molecule has 0 aliphatic heterocycles. The Labute approximate surface area is 179 Å². The van der Waals surface area contributed by atoms with Crippen LogP contribution in [0.25, 0.3) is 23.2 Å². The van der Waals surface area contributed by atoms with E-state index < -0.39 is 52.5 Å². The highest BCUT2D eigenvalue weighted by atomic mass is 19.4. The molecule has 0 aliphatic carbocycles. The first-order valence-electron chi connectivity index (χ1n) is 8.60. The summed E-state index contributed by atoms with van der Waals surface area (Å²) in [6, 6.07) is 0.683. The van der Waals surface area contributed by atoms with Crippen molar-refractivity contribution in [2.75, 3.05) is 0 Å². The molecule has 172 valence electrons. The fourth-order valence-electron chi connectivity index (χ4n) is 2.63. The van der Waals surface area contributed by atoms with Crippen molar-refractivity contribution in [1.29, 1.82) is 0 Å². The number of benzene rings is 1. The van der Waals surface area contributed by atoms with Crippen molar-refractivity contribution in [3.63, 3.8) is 0 Å². The molecule has 0 fully saturated rings. The molecule has 2 amide bonds. The Morgan fingerprint density at radius 3 is 1.91 bits per heavy atom. The number of hydrogen-bond acceptors (Lipinski definition) is 6. The zero-order chi connectivity index (χ0) is 24.6. The van der Waals surface area contributed by atoms with Crippen LogP contribution in [-0.4, -0.2) is 36.5 Å². The van der Waals surface area contributed by atoms with Gasteiger partial charge in [-0.3, -0.25) is 9.59 Å². The molecule has 15 heteroatoms. The first-order chi connectivity index (χ1) is 15.3. The number of carbonyl (C=O) groups is 2. The molecule has 1 aromatic carbocycles. The first-order valence-corrected chi connectivity index (χ1v) is 8.60. The van der Waals surface area contributed by atoms with E-state index in [1.54, 1.807) is 0 Å². The molecule has 0 aliphatic rings. The predicted octanol–water partition coefficient (Wildman–Crippen LogP) is 2.36. The highest BCUT2D eigenvalue weighted by molar-refractivity contribution is 6.22. The van der Waals surface area contributed by atoms with E-state index in [1.807, 2.05) is 0 Å². The standard InChI is InChI=1S/C18H11F6N7O2/c19-17(20,21)10-1-8(2-11(3-10)18(22,23)24)15-29-16(14(26)33)31(30-15)6-12(13(25)32)9-4-27-7-28-5-9/h1-7H,(H2,25,32)(H2,26,33). The van der Waals surface area contributed by atoms with E-state index in [0.29, 0.717) is 16.8 Å². The number of hydrogen-bond donors (Lipinski definition) is 2. The van der Waals surface area contributed by atoms with Crippen LogP contribution >= 0.6 is 0 Å². The summed E-state index contributed by atoms with van der Waals surface area (Å²) < 4.78 is 79.5. The fraction of sp³-hybridized carbons (Fsp3) is 0.111. The summed E-state index contributed by atoms with van der Waals surface area (Å²) >= 11 is 0. The Hall–Kier alpha value is -4.30. The smallest absolute Gasteiger partial charge is 0.366 e. The molecule has 0 saturated heterocycles. The molecule has 0 unspecified atom stereocenters. The summed E-state index contributed by atoms with van der Waals surface area (Å²) in [5, 5.41) is 3.74. The number of nitrogens with two attached hydrogens (primary N) is 2. The molecular weight excluding hydrogens is 460 g/mol. The summed E-state index contributed by atoms with van der Waals surface area (Å²) in [5.41, 5.74) is 6.37. The minimum absolute atomic E-state index is 0.0734. The maximum Gasteiger partial charge on any atom is 0.416 e. The van der Waals surface area contributed by atoms with Gasteiger partial charge in [0.1, 0.15) is 6.33 Å². The molecule has 0 saturated carbocycles. The van der Waals surface area contributed by atoms with E-state index >= 15 is 0 Å². The molecule has 0 spiro atoms. The van der Waals surface area contributed by atoms with Crippen LogP contribution in [0.4, 0.5) is 26.3 Å². The highest BCUT2D eigenvalue weighted by Gasteiger charge is 2.37. The Morgan fingerprint density at radius 2 is 1.45 bits per heavy atom. The summed E-state index contributed by atoms with van der Waals surface area (Å²) in [4.78, 5) is 34.7. The van der Waals surface area contributed by atoms with Gasteiger partial charge < -0.3 is 11.5 Å². The maximum atomic E-state index is 13.2. The molecule has 0 atom stereocenters. The monoisotopic (exact) mass is 471 g/mol. The zero-order valence-electron chi connectivity index (χ0n) is 16.0. The molecule has 33 heavy (non-hydrogen) atoms. The lowest BCUT2D eigenvalue weighted by molar-refractivity contribution is -0.143. The van der Waals surface area contributed by atoms with Gasteiger partial charge in [0.15, 0.2) is 5.82 Å². The van der Waals surface area contributed by atoms with E-state index in [2.05, 4.69) is 20.1 Å². The third-order valence-corrected chi connectivity index (χ3v) is 4.09. The molecule has 2 heterocycles. The number of alkyl halides is 6. The number of rotatable bonds is 5. The number of amides is 2. The van der Waals surface area contributed by atoms with Gasteiger partial charge in [0.2, 0.25) is 5.82 Å². The van der Waals surface area contributed by atoms with Crippen molar-refractivity contribution in [3.05, 3.63) is 59.4 Å². The van der Waals surface area contributed by atoms with Crippen molar-refractivity contribution >= 4 is 23.6 Å². The van der Waals surface area contributed by atoms with Gasteiger partial charge in [0.05, 0.1) is 16.7 Å². The van der Waals surface area contributed by atoms with E-state index in [4.69, 9.17) is 11.5 Å². The SMILES string of the molecule is NC(=O)C(=Cn1nc(-c2cc(C(F)(F)F)cc(C(F)(F)F)c2)nc1C(N)=O)c1cncnc1. The van der Waals surface area contributed by atoms with Gasteiger partial charge in [-0.15, -0.1) is 5.10 Å². The number of halogens is 6. The van der Waals surface area contributed by atoms with Gasteiger partial charge in [0.25, 0.3) is 11.8 Å². The normalized spacial score (nSPS) is 12.6.